The fraction of sp³-hybridized carbons (Fsp3) is 0.448. The van der Waals surface area contributed by atoms with Crippen LogP contribution in [0.4, 0.5) is 0 Å². The highest BCUT2D eigenvalue weighted by Crippen LogP contribution is 2.44. The van der Waals surface area contributed by atoms with E-state index in [1.807, 2.05) is 18.2 Å². The Balaban J connectivity index is 1.15. The first-order valence-electron chi connectivity index (χ1n) is 13.2. The molecule has 4 aromatic rings. The van der Waals surface area contributed by atoms with Crippen molar-refractivity contribution in [3.8, 4) is 0 Å². The summed E-state index contributed by atoms with van der Waals surface area (Å²) in [5.74, 6) is 1.46. The van der Waals surface area contributed by atoms with E-state index in [1.54, 1.807) is 28.7 Å². The predicted octanol–water partition coefficient (Wildman–Crippen LogP) is 7.31. The van der Waals surface area contributed by atoms with Gasteiger partial charge < -0.3 is 9.47 Å². The zero-order chi connectivity index (χ0) is 23.4. The van der Waals surface area contributed by atoms with Crippen LogP contribution >= 0.6 is 23.1 Å². The Morgan fingerprint density at radius 1 is 1.03 bits per heavy atom. The highest BCUT2D eigenvalue weighted by Gasteiger charge is 2.37. The molecule has 0 bridgehead atoms. The summed E-state index contributed by atoms with van der Waals surface area (Å²) in [5, 5.41) is 1.46. The number of benzene rings is 2. The Morgan fingerprint density at radius 3 is 2.80 bits per heavy atom. The minimum absolute atomic E-state index is 0.224. The summed E-state index contributed by atoms with van der Waals surface area (Å²) in [6, 6.07) is 15.7. The summed E-state index contributed by atoms with van der Waals surface area (Å²) in [4.78, 5) is 20.3. The maximum absolute atomic E-state index is 13.4. The smallest absolute Gasteiger partial charge is 0.233 e. The average Bonchev–Trinajstić information content (AvgIpc) is 3.48. The molecule has 0 spiro atoms. The van der Waals surface area contributed by atoms with Crippen LogP contribution in [-0.2, 0) is 17.8 Å². The van der Waals surface area contributed by atoms with Gasteiger partial charge in [-0.3, -0.25) is 4.79 Å². The Hall–Kier alpha value is -2.31. The molecule has 3 aliphatic rings. The van der Waals surface area contributed by atoms with E-state index in [-0.39, 0.29) is 11.9 Å². The van der Waals surface area contributed by atoms with Crippen molar-refractivity contribution in [1.29, 1.82) is 0 Å². The summed E-state index contributed by atoms with van der Waals surface area (Å²) in [5.41, 5.74) is 6.90. The van der Waals surface area contributed by atoms with Gasteiger partial charge in [0.1, 0.15) is 0 Å². The average molecular weight is 502 g/mol. The number of para-hydroxylation sites is 1. The maximum Gasteiger partial charge on any atom is 0.233 e. The zero-order valence-corrected chi connectivity index (χ0v) is 21.7. The molecule has 0 N–H and O–H groups in total. The molecular formula is C29H31N3OS2. The Labute approximate surface area is 214 Å². The van der Waals surface area contributed by atoms with Gasteiger partial charge in [-0.05, 0) is 73.4 Å². The number of rotatable bonds is 4. The second-order valence-electron chi connectivity index (χ2n) is 10.4. The Bertz CT molecular complexity index is 1380. The van der Waals surface area contributed by atoms with Crippen molar-refractivity contribution >= 4 is 50.1 Å². The van der Waals surface area contributed by atoms with Crippen molar-refractivity contribution in [2.75, 3.05) is 12.3 Å². The van der Waals surface area contributed by atoms with Crippen LogP contribution in [-0.4, -0.2) is 32.7 Å². The van der Waals surface area contributed by atoms with Crippen molar-refractivity contribution in [2.45, 2.75) is 74.2 Å². The fourth-order valence-corrected chi connectivity index (χ4v) is 8.68. The molecule has 6 heteroatoms. The molecule has 3 heterocycles. The lowest BCUT2D eigenvalue weighted by atomic mass is 9.83. The van der Waals surface area contributed by atoms with Crippen molar-refractivity contribution in [3.63, 3.8) is 0 Å². The fourth-order valence-electron chi connectivity index (χ4n) is 6.73. The van der Waals surface area contributed by atoms with Gasteiger partial charge in [-0.1, -0.05) is 49.2 Å². The molecule has 1 amide bonds. The zero-order valence-electron chi connectivity index (χ0n) is 20.0. The van der Waals surface area contributed by atoms with Crippen molar-refractivity contribution in [1.82, 2.24) is 14.5 Å². The summed E-state index contributed by atoms with van der Waals surface area (Å²) in [6.45, 7) is 1.72. The standard InChI is InChI=1S/C29H31N3OS2/c33-27(18-34-29-30-23-10-4-5-12-26(23)35-29)31-15-16-32-24-14-13-20(19-7-2-1-3-8-19)17-22(24)21-9-6-11-25(31)28(21)32/h4-5,10,12-14,17,19,25H,1-3,6-9,11,15-16,18H2. The van der Waals surface area contributed by atoms with Gasteiger partial charge in [0.25, 0.3) is 0 Å². The molecule has 180 valence electrons. The van der Waals surface area contributed by atoms with Crippen molar-refractivity contribution < 1.29 is 4.79 Å². The van der Waals surface area contributed by atoms with Gasteiger partial charge in [-0.25, -0.2) is 4.98 Å². The molecule has 0 saturated heterocycles. The van der Waals surface area contributed by atoms with Crippen LogP contribution in [0.3, 0.4) is 0 Å². The molecule has 2 aliphatic carbocycles. The van der Waals surface area contributed by atoms with Gasteiger partial charge in [-0.15, -0.1) is 11.3 Å². The third-order valence-electron chi connectivity index (χ3n) is 8.39. The van der Waals surface area contributed by atoms with Crippen LogP contribution in [0.25, 0.3) is 21.1 Å². The Morgan fingerprint density at radius 2 is 1.91 bits per heavy atom. The van der Waals surface area contributed by atoms with E-state index in [1.165, 1.54) is 65.4 Å². The van der Waals surface area contributed by atoms with Crippen molar-refractivity contribution in [2.24, 2.45) is 0 Å². The van der Waals surface area contributed by atoms with E-state index in [0.717, 1.165) is 41.7 Å². The number of amides is 1. The number of thiazole rings is 1. The molecular weight excluding hydrogens is 470 g/mol. The van der Waals surface area contributed by atoms with E-state index in [2.05, 4.69) is 33.7 Å². The van der Waals surface area contributed by atoms with Gasteiger partial charge in [0, 0.05) is 29.7 Å². The first-order valence-corrected chi connectivity index (χ1v) is 15.0. The molecule has 0 radical (unpaired) electrons. The third kappa shape index (κ3) is 3.80. The first-order chi connectivity index (χ1) is 17.3. The minimum Gasteiger partial charge on any atom is -0.341 e. The van der Waals surface area contributed by atoms with E-state index in [0.29, 0.717) is 5.75 Å². The summed E-state index contributed by atoms with van der Waals surface area (Å²) >= 11 is 3.28. The third-order valence-corrected chi connectivity index (χ3v) is 10.6. The molecule has 1 atom stereocenters. The largest absolute Gasteiger partial charge is 0.341 e. The van der Waals surface area contributed by atoms with Crippen LogP contribution in [0.5, 0.6) is 0 Å². The van der Waals surface area contributed by atoms with E-state index >= 15 is 0 Å². The first kappa shape index (κ1) is 21.9. The summed E-state index contributed by atoms with van der Waals surface area (Å²) in [7, 11) is 0. The predicted molar refractivity (Wildman–Crippen MR) is 145 cm³/mol. The van der Waals surface area contributed by atoms with Gasteiger partial charge in [0.2, 0.25) is 5.91 Å². The summed E-state index contributed by atoms with van der Waals surface area (Å²) < 4.78 is 4.73. The van der Waals surface area contributed by atoms with E-state index in [9.17, 15) is 4.79 Å². The SMILES string of the molecule is O=C(CSc1nc2ccccc2s1)N1CCn2c3c(c4cc(C5CCCCC5)ccc42)CCCC31. The highest BCUT2D eigenvalue weighted by atomic mass is 32.2. The summed E-state index contributed by atoms with van der Waals surface area (Å²) in [6.07, 6.45) is 10.2. The number of fused-ring (bicyclic) bond motifs is 4. The number of hydrogen-bond donors (Lipinski definition) is 0. The van der Waals surface area contributed by atoms with Crippen LogP contribution in [0, 0.1) is 0 Å². The van der Waals surface area contributed by atoms with Crippen LogP contribution in [0.15, 0.2) is 46.8 Å². The molecule has 1 aliphatic heterocycles. The molecule has 7 rings (SSSR count). The maximum atomic E-state index is 13.4. The van der Waals surface area contributed by atoms with E-state index < -0.39 is 0 Å². The monoisotopic (exact) mass is 501 g/mol. The van der Waals surface area contributed by atoms with Gasteiger partial charge >= 0.3 is 0 Å². The lowest BCUT2D eigenvalue weighted by Gasteiger charge is -2.40. The molecule has 1 unspecified atom stereocenters. The number of thioether (sulfide) groups is 1. The number of aryl methyl sites for hydroxylation is 1. The van der Waals surface area contributed by atoms with Gasteiger partial charge in [0.05, 0.1) is 22.0 Å². The Kier molecular flexibility index (Phi) is 5.62. The number of aromatic nitrogens is 2. The second kappa shape index (κ2) is 8.97. The lowest BCUT2D eigenvalue weighted by molar-refractivity contribution is -0.132. The molecule has 1 saturated carbocycles. The van der Waals surface area contributed by atoms with E-state index in [4.69, 9.17) is 4.98 Å². The highest BCUT2D eigenvalue weighted by molar-refractivity contribution is 8.01. The van der Waals surface area contributed by atoms with Gasteiger partial charge in [0.15, 0.2) is 4.34 Å². The van der Waals surface area contributed by atoms with Crippen molar-refractivity contribution in [3.05, 3.63) is 59.3 Å². The second-order valence-corrected chi connectivity index (χ2v) is 12.6. The minimum atomic E-state index is 0.224. The quantitative estimate of drug-likeness (QED) is 0.275. The van der Waals surface area contributed by atoms with Crippen LogP contribution < -0.4 is 0 Å². The molecule has 1 fully saturated rings. The topological polar surface area (TPSA) is 38.1 Å². The van der Waals surface area contributed by atoms with Gasteiger partial charge in [-0.2, -0.15) is 0 Å². The lowest BCUT2D eigenvalue weighted by Crippen LogP contribution is -2.44. The number of carbonyl (C=O) groups excluding carboxylic acids is 1. The normalized spacial score (nSPS) is 20.5. The van der Waals surface area contributed by atoms with Crippen LogP contribution in [0.1, 0.15) is 73.7 Å². The number of carbonyl (C=O) groups is 1. The van der Waals surface area contributed by atoms with Crippen LogP contribution in [0.2, 0.25) is 0 Å². The number of nitrogens with zero attached hydrogens (tertiary/aromatic N) is 3. The molecule has 2 aromatic carbocycles. The molecule has 2 aromatic heterocycles. The molecule has 4 nitrogen and oxygen atoms in total. The number of hydrogen-bond acceptors (Lipinski definition) is 4. The molecule has 35 heavy (non-hydrogen) atoms.